The number of nitrogens with zero attached hydrogens (tertiary/aromatic N) is 1. The SMILES string of the molecule is COc1cc2nccc(Oc3ccc(NC(=O)Nc4ccc(F)c(C(F)(F)F)c4)cc3F)c2c2c1OCCO2. The van der Waals surface area contributed by atoms with Crippen LogP contribution in [0.5, 0.6) is 28.7 Å². The molecule has 0 atom stereocenters. The quantitative estimate of drug-likeness (QED) is 0.269. The molecule has 202 valence electrons. The molecule has 0 radical (unpaired) electrons. The molecular weight excluding hydrogens is 529 g/mol. The van der Waals surface area contributed by atoms with Crippen molar-refractivity contribution in [1.82, 2.24) is 4.98 Å². The van der Waals surface area contributed by atoms with Gasteiger partial charge in [-0.05, 0) is 36.4 Å². The number of aromatic nitrogens is 1. The van der Waals surface area contributed by atoms with Gasteiger partial charge in [0.25, 0.3) is 0 Å². The molecule has 4 aromatic rings. The third-order valence-electron chi connectivity index (χ3n) is 5.60. The van der Waals surface area contributed by atoms with Gasteiger partial charge in [0.15, 0.2) is 23.1 Å². The first-order valence-electron chi connectivity index (χ1n) is 11.3. The van der Waals surface area contributed by atoms with Crippen molar-refractivity contribution in [2.75, 3.05) is 31.0 Å². The van der Waals surface area contributed by atoms with Crippen molar-refractivity contribution >= 4 is 28.3 Å². The van der Waals surface area contributed by atoms with Crippen LogP contribution in [0.25, 0.3) is 10.9 Å². The second-order valence-corrected chi connectivity index (χ2v) is 8.16. The molecule has 0 saturated heterocycles. The Morgan fingerprint density at radius 2 is 1.56 bits per heavy atom. The van der Waals surface area contributed by atoms with Gasteiger partial charge in [-0.15, -0.1) is 0 Å². The van der Waals surface area contributed by atoms with Gasteiger partial charge in [0, 0.05) is 29.7 Å². The number of nitrogens with one attached hydrogen (secondary N) is 2. The number of alkyl halides is 3. The average Bonchev–Trinajstić information content (AvgIpc) is 2.90. The fourth-order valence-electron chi connectivity index (χ4n) is 3.90. The molecule has 3 aromatic carbocycles. The highest BCUT2D eigenvalue weighted by Crippen LogP contribution is 2.48. The van der Waals surface area contributed by atoms with Gasteiger partial charge in [-0.25, -0.2) is 13.6 Å². The number of fused-ring (bicyclic) bond motifs is 3. The maximum atomic E-state index is 14.9. The molecule has 39 heavy (non-hydrogen) atoms. The zero-order chi connectivity index (χ0) is 27.7. The number of carbonyl (C=O) groups excluding carboxylic acids is 1. The van der Waals surface area contributed by atoms with Crippen LogP contribution >= 0.6 is 0 Å². The number of urea groups is 1. The summed E-state index contributed by atoms with van der Waals surface area (Å²) in [5, 5.41) is 4.88. The molecular formula is C26H18F5N3O5. The number of benzene rings is 3. The van der Waals surface area contributed by atoms with E-state index in [0.29, 0.717) is 46.9 Å². The van der Waals surface area contributed by atoms with Crippen LogP contribution in [-0.2, 0) is 6.18 Å². The first-order valence-corrected chi connectivity index (χ1v) is 11.3. The van der Waals surface area contributed by atoms with Crippen LogP contribution in [0.1, 0.15) is 5.56 Å². The maximum Gasteiger partial charge on any atom is 0.419 e. The minimum absolute atomic E-state index is 0.0195. The number of amides is 2. The van der Waals surface area contributed by atoms with E-state index in [9.17, 15) is 26.7 Å². The molecule has 2 heterocycles. The predicted molar refractivity (Wildman–Crippen MR) is 130 cm³/mol. The van der Waals surface area contributed by atoms with Crippen molar-refractivity contribution in [3.05, 3.63) is 71.9 Å². The van der Waals surface area contributed by atoms with Crippen molar-refractivity contribution < 1.29 is 45.7 Å². The van der Waals surface area contributed by atoms with E-state index in [-0.39, 0.29) is 29.5 Å². The lowest BCUT2D eigenvalue weighted by atomic mass is 10.1. The molecule has 0 spiro atoms. The highest BCUT2D eigenvalue weighted by atomic mass is 19.4. The van der Waals surface area contributed by atoms with E-state index in [1.54, 1.807) is 6.07 Å². The zero-order valence-electron chi connectivity index (χ0n) is 20.0. The van der Waals surface area contributed by atoms with Crippen molar-refractivity contribution in [1.29, 1.82) is 0 Å². The molecule has 8 nitrogen and oxygen atoms in total. The summed E-state index contributed by atoms with van der Waals surface area (Å²) in [6.45, 7) is 0.586. The number of halogens is 5. The number of hydrogen-bond donors (Lipinski definition) is 2. The summed E-state index contributed by atoms with van der Waals surface area (Å²) in [5.74, 6) is -1.18. The lowest BCUT2D eigenvalue weighted by Crippen LogP contribution is -2.20. The molecule has 2 N–H and O–H groups in total. The highest BCUT2D eigenvalue weighted by molar-refractivity contribution is 6.00. The fourth-order valence-corrected chi connectivity index (χ4v) is 3.90. The number of methoxy groups -OCH3 is 1. The summed E-state index contributed by atoms with van der Waals surface area (Å²) in [6, 6.07) is 7.72. The Morgan fingerprint density at radius 3 is 2.26 bits per heavy atom. The molecule has 0 saturated carbocycles. The Bertz CT molecular complexity index is 1580. The van der Waals surface area contributed by atoms with Gasteiger partial charge in [0.05, 0.1) is 23.6 Å². The largest absolute Gasteiger partial charge is 0.493 e. The topological polar surface area (TPSA) is 90.9 Å². The van der Waals surface area contributed by atoms with Crippen molar-refractivity contribution in [3.63, 3.8) is 0 Å². The third kappa shape index (κ3) is 5.28. The second kappa shape index (κ2) is 10.2. The highest BCUT2D eigenvalue weighted by Gasteiger charge is 2.34. The van der Waals surface area contributed by atoms with Crippen LogP contribution in [0.15, 0.2) is 54.7 Å². The molecule has 13 heteroatoms. The minimum atomic E-state index is -4.94. The summed E-state index contributed by atoms with van der Waals surface area (Å²) in [5.41, 5.74) is -1.40. The Morgan fingerprint density at radius 1 is 0.872 bits per heavy atom. The molecule has 0 aliphatic carbocycles. The molecule has 0 unspecified atom stereocenters. The van der Waals surface area contributed by atoms with E-state index in [0.717, 1.165) is 12.1 Å². The standard InChI is InChI=1S/C26H18F5N3O5/c1-36-21-12-18-22(24-23(21)37-8-9-38-24)20(6-7-32-18)39-19-5-3-14(11-17(19)28)34-25(35)33-13-2-4-16(27)15(10-13)26(29,30)31/h2-7,10-12H,8-9H2,1H3,(H2,33,34,35). The third-order valence-corrected chi connectivity index (χ3v) is 5.60. The van der Waals surface area contributed by atoms with Crippen molar-refractivity contribution in [2.24, 2.45) is 0 Å². The second-order valence-electron chi connectivity index (χ2n) is 8.16. The van der Waals surface area contributed by atoms with Gasteiger partial charge in [-0.1, -0.05) is 0 Å². The van der Waals surface area contributed by atoms with Gasteiger partial charge < -0.3 is 29.6 Å². The predicted octanol–water partition coefficient (Wildman–Crippen LogP) is 6.75. The number of hydrogen-bond acceptors (Lipinski definition) is 6. The first-order chi connectivity index (χ1) is 18.6. The van der Waals surface area contributed by atoms with Gasteiger partial charge >= 0.3 is 12.2 Å². The maximum absolute atomic E-state index is 14.9. The van der Waals surface area contributed by atoms with Crippen LogP contribution in [0.2, 0.25) is 0 Å². The van der Waals surface area contributed by atoms with E-state index >= 15 is 0 Å². The lowest BCUT2D eigenvalue weighted by molar-refractivity contribution is -0.139. The van der Waals surface area contributed by atoms with E-state index in [1.165, 1.54) is 31.5 Å². The number of rotatable bonds is 5. The summed E-state index contributed by atoms with van der Waals surface area (Å²) >= 11 is 0. The number of ether oxygens (including phenoxy) is 4. The fraction of sp³-hybridized carbons (Fsp3) is 0.154. The average molecular weight is 547 g/mol. The smallest absolute Gasteiger partial charge is 0.419 e. The minimum Gasteiger partial charge on any atom is -0.493 e. The normalized spacial score (nSPS) is 12.7. The summed E-state index contributed by atoms with van der Waals surface area (Å²) < 4.78 is 89.8. The molecule has 0 fully saturated rings. The van der Waals surface area contributed by atoms with Crippen LogP contribution < -0.4 is 29.6 Å². The van der Waals surface area contributed by atoms with Gasteiger partial charge in [-0.2, -0.15) is 13.2 Å². The Balaban J connectivity index is 1.35. The molecule has 1 aliphatic rings. The van der Waals surface area contributed by atoms with E-state index in [1.807, 2.05) is 0 Å². The Labute approximate surface area is 217 Å². The van der Waals surface area contributed by atoms with Crippen LogP contribution in [0.4, 0.5) is 38.1 Å². The zero-order valence-corrected chi connectivity index (χ0v) is 20.0. The van der Waals surface area contributed by atoms with E-state index in [2.05, 4.69) is 15.6 Å². The Hall–Kier alpha value is -4.81. The van der Waals surface area contributed by atoms with Crippen molar-refractivity contribution in [3.8, 4) is 28.7 Å². The van der Waals surface area contributed by atoms with Crippen LogP contribution in [-0.4, -0.2) is 31.3 Å². The number of anilines is 2. The summed E-state index contributed by atoms with van der Waals surface area (Å²) in [4.78, 5) is 16.6. The van der Waals surface area contributed by atoms with E-state index in [4.69, 9.17) is 18.9 Å². The van der Waals surface area contributed by atoms with Gasteiger partial charge in [0.1, 0.15) is 24.8 Å². The van der Waals surface area contributed by atoms with Crippen LogP contribution in [0, 0.1) is 11.6 Å². The molecule has 5 rings (SSSR count). The molecule has 1 aromatic heterocycles. The van der Waals surface area contributed by atoms with Gasteiger partial charge in [-0.3, -0.25) is 4.98 Å². The van der Waals surface area contributed by atoms with E-state index < -0.39 is 29.4 Å². The van der Waals surface area contributed by atoms with Gasteiger partial charge in [0.2, 0.25) is 5.75 Å². The number of carbonyl (C=O) groups is 1. The monoisotopic (exact) mass is 547 g/mol. The summed E-state index contributed by atoms with van der Waals surface area (Å²) in [7, 11) is 1.48. The number of pyridine rings is 1. The molecule has 0 bridgehead atoms. The van der Waals surface area contributed by atoms with Crippen molar-refractivity contribution in [2.45, 2.75) is 6.18 Å². The first kappa shape index (κ1) is 25.8. The Kier molecular flexibility index (Phi) is 6.73. The lowest BCUT2D eigenvalue weighted by Gasteiger charge is -2.23. The van der Waals surface area contributed by atoms with Crippen LogP contribution in [0.3, 0.4) is 0 Å². The summed E-state index contributed by atoms with van der Waals surface area (Å²) in [6.07, 6.45) is -3.48. The molecule has 1 aliphatic heterocycles. The molecule has 2 amide bonds.